The lowest BCUT2D eigenvalue weighted by Crippen LogP contribution is -2.25. The van der Waals surface area contributed by atoms with Crippen LogP contribution in [-0.2, 0) is 11.3 Å². The molecule has 0 atom stereocenters. The van der Waals surface area contributed by atoms with E-state index in [0.29, 0.717) is 0 Å². The standard InChI is InChI=1S/C18H20O/c1-3-7-15(8-4-1)13-19-14-16-11-18(12-16)17-9-5-2-6-10-17/h1-10,16,18H,11-14H2. The summed E-state index contributed by atoms with van der Waals surface area (Å²) in [4.78, 5) is 0. The molecule has 0 spiro atoms. The molecule has 1 saturated carbocycles. The summed E-state index contributed by atoms with van der Waals surface area (Å²) >= 11 is 0. The first kappa shape index (κ1) is 12.4. The number of ether oxygens (including phenoxy) is 1. The van der Waals surface area contributed by atoms with Crippen LogP contribution < -0.4 is 0 Å². The van der Waals surface area contributed by atoms with Crippen LogP contribution in [0.25, 0.3) is 0 Å². The SMILES string of the molecule is c1ccc(COCC2CC(c3ccccc3)C2)cc1. The van der Waals surface area contributed by atoms with Gasteiger partial charge in [-0.05, 0) is 35.8 Å². The largest absolute Gasteiger partial charge is 0.376 e. The molecule has 0 bridgehead atoms. The van der Waals surface area contributed by atoms with Gasteiger partial charge in [0.15, 0.2) is 0 Å². The van der Waals surface area contributed by atoms with Crippen molar-refractivity contribution in [1.29, 1.82) is 0 Å². The third kappa shape index (κ3) is 3.24. The van der Waals surface area contributed by atoms with E-state index in [0.717, 1.165) is 25.0 Å². The maximum atomic E-state index is 5.81. The summed E-state index contributed by atoms with van der Waals surface area (Å²) in [6.07, 6.45) is 2.55. The molecule has 0 heterocycles. The quantitative estimate of drug-likeness (QED) is 0.766. The zero-order chi connectivity index (χ0) is 12.9. The molecule has 1 nitrogen and oxygen atoms in total. The third-order valence-corrected chi connectivity index (χ3v) is 3.97. The van der Waals surface area contributed by atoms with E-state index in [-0.39, 0.29) is 0 Å². The highest BCUT2D eigenvalue weighted by atomic mass is 16.5. The molecule has 3 rings (SSSR count). The van der Waals surface area contributed by atoms with Crippen LogP contribution in [0.2, 0.25) is 0 Å². The van der Waals surface area contributed by atoms with E-state index >= 15 is 0 Å². The fourth-order valence-corrected chi connectivity index (χ4v) is 2.79. The molecule has 1 aliphatic carbocycles. The predicted molar refractivity (Wildman–Crippen MR) is 78.0 cm³/mol. The summed E-state index contributed by atoms with van der Waals surface area (Å²) in [6, 6.07) is 21.2. The van der Waals surface area contributed by atoms with Crippen molar-refractivity contribution in [3.05, 3.63) is 71.8 Å². The van der Waals surface area contributed by atoms with Crippen molar-refractivity contribution in [2.45, 2.75) is 25.4 Å². The van der Waals surface area contributed by atoms with Gasteiger partial charge in [0.2, 0.25) is 0 Å². The molecule has 0 saturated heterocycles. The molecule has 2 aromatic rings. The van der Waals surface area contributed by atoms with Crippen molar-refractivity contribution in [2.75, 3.05) is 6.61 Å². The molecule has 0 aliphatic heterocycles. The van der Waals surface area contributed by atoms with Gasteiger partial charge in [-0.25, -0.2) is 0 Å². The van der Waals surface area contributed by atoms with Crippen molar-refractivity contribution in [3.8, 4) is 0 Å². The molecule has 2 aromatic carbocycles. The Kier molecular flexibility index (Phi) is 3.95. The maximum Gasteiger partial charge on any atom is 0.0717 e. The van der Waals surface area contributed by atoms with Crippen LogP contribution in [0.3, 0.4) is 0 Å². The van der Waals surface area contributed by atoms with E-state index in [1.165, 1.54) is 24.0 Å². The molecule has 0 radical (unpaired) electrons. The molecular weight excluding hydrogens is 232 g/mol. The van der Waals surface area contributed by atoms with Gasteiger partial charge in [0.25, 0.3) is 0 Å². The zero-order valence-corrected chi connectivity index (χ0v) is 11.2. The Morgan fingerprint density at radius 1 is 0.842 bits per heavy atom. The van der Waals surface area contributed by atoms with E-state index in [2.05, 4.69) is 54.6 Å². The first-order chi connectivity index (χ1) is 9.42. The summed E-state index contributed by atoms with van der Waals surface area (Å²) in [5.41, 5.74) is 2.75. The molecular formula is C18H20O. The molecule has 1 heteroatoms. The van der Waals surface area contributed by atoms with Crippen molar-refractivity contribution in [1.82, 2.24) is 0 Å². The first-order valence-corrected chi connectivity index (χ1v) is 7.08. The molecule has 19 heavy (non-hydrogen) atoms. The first-order valence-electron chi connectivity index (χ1n) is 7.08. The van der Waals surface area contributed by atoms with Crippen molar-refractivity contribution >= 4 is 0 Å². The van der Waals surface area contributed by atoms with Gasteiger partial charge in [0, 0.05) is 6.61 Å². The minimum absolute atomic E-state index is 0.743. The minimum Gasteiger partial charge on any atom is -0.376 e. The average molecular weight is 252 g/mol. The van der Waals surface area contributed by atoms with E-state index in [4.69, 9.17) is 4.74 Å². The summed E-state index contributed by atoms with van der Waals surface area (Å²) in [7, 11) is 0. The lowest BCUT2D eigenvalue weighted by molar-refractivity contribution is 0.0508. The highest BCUT2D eigenvalue weighted by Crippen LogP contribution is 2.41. The molecule has 0 unspecified atom stereocenters. The Morgan fingerprint density at radius 3 is 2.16 bits per heavy atom. The molecule has 98 valence electrons. The Hall–Kier alpha value is -1.60. The van der Waals surface area contributed by atoms with Crippen LogP contribution in [0.15, 0.2) is 60.7 Å². The van der Waals surface area contributed by atoms with E-state index in [9.17, 15) is 0 Å². The Labute approximate surface area is 115 Å². The topological polar surface area (TPSA) is 9.23 Å². The van der Waals surface area contributed by atoms with Crippen LogP contribution in [-0.4, -0.2) is 6.61 Å². The average Bonchev–Trinajstić information content (AvgIpc) is 2.43. The second-order valence-corrected chi connectivity index (χ2v) is 5.45. The Morgan fingerprint density at radius 2 is 1.47 bits per heavy atom. The molecule has 0 N–H and O–H groups in total. The number of rotatable bonds is 5. The molecule has 1 aliphatic rings. The smallest absolute Gasteiger partial charge is 0.0717 e. The molecule has 0 amide bonds. The van der Waals surface area contributed by atoms with Gasteiger partial charge in [0.1, 0.15) is 0 Å². The van der Waals surface area contributed by atoms with Crippen molar-refractivity contribution in [3.63, 3.8) is 0 Å². The van der Waals surface area contributed by atoms with Gasteiger partial charge < -0.3 is 4.74 Å². The number of benzene rings is 2. The monoisotopic (exact) mass is 252 g/mol. The summed E-state index contributed by atoms with van der Waals surface area (Å²) in [6.45, 7) is 1.64. The van der Waals surface area contributed by atoms with E-state index in [1.54, 1.807) is 0 Å². The van der Waals surface area contributed by atoms with Crippen LogP contribution >= 0.6 is 0 Å². The predicted octanol–water partition coefficient (Wildman–Crippen LogP) is 4.40. The zero-order valence-electron chi connectivity index (χ0n) is 11.2. The van der Waals surface area contributed by atoms with Crippen LogP contribution in [0.5, 0.6) is 0 Å². The lowest BCUT2D eigenvalue weighted by Gasteiger charge is -2.35. The Bertz CT molecular complexity index is 486. The molecule has 0 aromatic heterocycles. The minimum atomic E-state index is 0.743. The van der Waals surface area contributed by atoms with Gasteiger partial charge in [-0.3, -0.25) is 0 Å². The van der Waals surface area contributed by atoms with Gasteiger partial charge >= 0.3 is 0 Å². The van der Waals surface area contributed by atoms with E-state index in [1.807, 2.05) is 6.07 Å². The maximum absolute atomic E-state index is 5.81. The van der Waals surface area contributed by atoms with Crippen LogP contribution in [0, 0.1) is 5.92 Å². The fourth-order valence-electron chi connectivity index (χ4n) is 2.79. The van der Waals surface area contributed by atoms with E-state index < -0.39 is 0 Å². The van der Waals surface area contributed by atoms with Gasteiger partial charge in [-0.2, -0.15) is 0 Å². The van der Waals surface area contributed by atoms with Gasteiger partial charge in [-0.1, -0.05) is 60.7 Å². The highest BCUT2D eigenvalue weighted by molar-refractivity contribution is 5.21. The molecule has 1 fully saturated rings. The number of hydrogen-bond donors (Lipinski definition) is 0. The van der Waals surface area contributed by atoms with Crippen molar-refractivity contribution in [2.24, 2.45) is 5.92 Å². The van der Waals surface area contributed by atoms with Gasteiger partial charge in [-0.15, -0.1) is 0 Å². The second kappa shape index (κ2) is 6.03. The fraction of sp³-hybridized carbons (Fsp3) is 0.333. The van der Waals surface area contributed by atoms with Crippen LogP contribution in [0.1, 0.15) is 29.9 Å². The Balaban J connectivity index is 1.38. The summed E-state index contributed by atoms with van der Waals surface area (Å²) in [5.74, 6) is 1.50. The van der Waals surface area contributed by atoms with Crippen molar-refractivity contribution < 1.29 is 4.74 Å². The lowest BCUT2D eigenvalue weighted by atomic mass is 9.72. The van der Waals surface area contributed by atoms with Gasteiger partial charge in [0.05, 0.1) is 6.61 Å². The third-order valence-electron chi connectivity index (χ3n) is 3.97. The van der Waals surface area contributed by atoms with Crippen LogP contribution in [0.4, 0.5) is 0 Å². The summed E-state index contributed by atoms with van der Waals surface area (Å²) < 4.78 is 5.81. The normalized spacial score (nSPS) is 21.9. The number of hydrogen-bond acceptors (Lipinski definition) is 1. The summed E-state index contributed by atoms with van der Waals surface area (Å²) in [5, 5.41) is 0. The highest BCUT2D eigenvalue weighted by Gasteiger charge is 2.29. The second-order valence-electron chi connectivity index (χ2n) is 5.45.